The molecule has 2 aliphatic heterocycles. The molecule has 0 saturated carbocycles. The zero-order valence-electron chi connectivity index (χ0n) is 13.1. The maximum absolute atomic E-state index is 14.0. The Labute approximate surface area is 134 Å². The molecule has 0 spiro atoms. The lowest BCUT2D eigenvalue weighted by Crippen LogP contribution is -2.42. The fourth-order valence-corrected chi connectivity index (χ4v) is 3.26. The molecule has 0 bridgehead atoms. The first-order valence-corrected chi connectivity index (χ1v) is 7.93. The Morgan fingerprint density at radius 3 is 2.57 bits per heavy atom. The van der Waals surface area contributed by atoms with Crippen molar-refractivity contribution in [2.75, 3.05) is 13.1 Å². The van der Waals surface area contributed by atoms with E-state index in [2.05, 4.69) is 5.10 Å². The van der Waals surface area contributed by atoms with E-state index in [0.717, 1.165) is 0 Å². The van der Waals surface area contributed by atoms with Gasteiger partial charge in [0, 0.05) is 44.1 Å². The third kappa shape index (κ3) is 3.11. The molecule has 0 radical (unpaired) electrons. The van der Waals surface area contributed by atoms with Gasteiger partial charge in [-0.25, -0.2) is 9.40 Å². The highest BCUT2D eigenvalue weighted by atomic mass is 19.1. The largest absolute Gasteiger partial charge is 0.343 e. The number of carbonyl (C=O) groups is 2. The van der Waals surface area contributed by atoms with Gasteiger partial charge < -0.3 is 4.90 Å². The Morgan fingerprint density at radius 2 is 1.91 bits per heavy atom. The summed E-state index contributed by atoms with van der Waals surface area (Å²) in [5.74, 6) is -0.503. The van der Waals surface area contributed by atoms with Gasteiger partial charge in [0.25, 0.3) is 0 Å². The van der Waals surface area contributed by atoms with Gasteiger partial charge in [-0.1, -0.05) is 18.2 Å². The summed E-state index contributed by atoms with van der Waals surface area (Å²) in [7, 11) is 0. The van der Waals surface area contributed by atoms with Crippen molar-refractivity contribution in [3.63, 3.8) is 0 Å². The molecule has 1 atom stereocenters. The van der Waals surface area contributed by atoms with E-state index < -0.39 is 0 Å². The van der Waals surface area contributed by atoms with Crippen LogP contribution in [0.5, 0.6) is 0 Å². The topological polar surface area (TPSA) is 53.0 Å². The zero-order valence-corrected chi connectivity index (χ0v) is 13.1. The molecular formula is C17H20FN3O2. The summed E-state index contributed by atoms with van der Waals surface area (Å²) in [5.41, 5.74) is 0.500. The summed E-state index contributed by atoms with van der Waals surface area (Å²) in [5, 5.41) is 5.60. The average Bonchev–Trinajstić information content (AvgIpc) is 3.04. The van der Waals surface area contributed by atoms with Crippen molar-refractivity contribution in [3.05, 3.63) is 35.6 Å². The monoisotopic (exact) mass is 317 g/mol. The highest BCUT2D eigenvalue weighted by Crippen LogP contribution is 2.32. The molecule has 3 rings (SSSR count). The Hall–Kier alpha value is -2.24. The Balaban J connectivity index is 1.71. The molecule has 5 nitrogen and oxygen atoms in total. The third-order valence-corrected chi connectivity index (χ3v) is 4.61. The van der Waals surface area contributed by atoms with Crippen LogP contribution in [0.15, 0.2) is 29.4 Å². The van der Waals surface area contributed by atoms with E-state index in [1.54, 1.807) is 36.2 Å². The number of halogens is 1. The minimum Gasteiger partial charge on any atom is -0.343 e. The van der Waals surface area contributed by atoms with Crippen LogP contribution in [0.4, 0.5) is 4.39 Å². The number of carbonyl (C=O) groups excluding carboxylic acids is 2. The second-order valence-electron chi connectivity index (χ2n) is 6.03. The zero-order chi connectivity index (χ0) is 16.4. The summed E-state index contributed by atoms with van der Waals surface area (Å²) in [4.78, 5) is 25.9. The smallest absolute Gasteiger partial charge is 0.246 e. The first kappa shape index (κ1) is 15.6. The average molecular weight is 317 g/mol. The van der Waals surface area contributed by atoms with Crippen LogP contribution in [0, 0.1) is 11.7 Å². The predicted molar refractivity (Wildman–Crippen MR) is 84.1 cm³/mol. The number of rotatable bonds is 2. The molecule has 0 aromatic heterocycles. The molecule has 1 saturated heterocycles. The number of amides is 2. The Kier molecular flexibility index (Phi) is 4.41. The number of hydrogen-bond donors (Lipinski definition) is 0. The van der Waals surface area contributed by atoms with Crippen molar-refractivity contribution in [1.29, 1.82) is 0 Å². The maximum Gasteiger partial charge on any atom is 0.246 e. The van der Waals surface area contributed by atoms with Crippen LogP contribution in [0.25, 0.3) is 0 Å². The highest BCUT2D eigenvalue weighted by molar-refractivity contribution is 5.82. The fourth-order valence-electron chi connectivity index (χ4n) is 3.26. The maximum atomic E-state index is 14.0. The van der Waals surface area contributed by atoms with Crippen LogP contribution in [0.2, 0.25) is 0 Å². The summed E-state index contributed by atoms with van der Waals surface area (Å²) >= 11 is 0. The van der Waals surface area contributed by atoms with E-state index in [9.17, 15) is 14.0 Å². The quantitative estimate of drug-likeness (QED) is 0.841. The van der Waals surface area contributed by atoms with Crippen LogP contribution in [-0.2, 0) is 9.59 Å². The van der Waals surface area contributed by atoms with Gasteiger partial charge in [-0.05, 0) is 18.9 Å². The predicted octanol–water partition coefficient (Wildman–Crippen LogP) is 2.34. The second-order valence-corrected chi connectivity index (χ2v) is 6.03. The highest BCUT2D eigenvalue weighted by Gasteiger charge is 2.35. The molecule has 6 heteroatoms. The van der Waals surface area contributed by atoms with Gasteiger partial charge in [0.1, 0.15) is 5.82 Å². The third-order valence-electron chi connectivity index (χ3n) is 4.61. The minimum absolute atomic E-state index is 0.0410. The standard InChI is InChI=1S/C17H20FN3O2/c1-12(22)20-10-7-13(8-11-20)17(23)21-16(6-9-19-21)14-4-2-3-5-15(14)18/h2-5,9,13,16H,6-8,10-11H2,1H3. The van der Waals surface area contributed by atoms with E-state index in [1.165, 1.54) is 11.1 Å². The molecule has 1 fully saturated rings. The molecular weight excluding hydrogens is 297 g/mol. The van der Waals surface area contributed by atoms with E-state index in [0.29, 0.717) is 37.9 Å². The Bertz CT molecular complexity index is 638. The normalized spacial score (nSPS) is 21.7. The molecule has 0 N–H and O–H groups in total. The SMILES string of the molecule is CC(=O)N1CCC(C(=O)N2N=CCC2c2ccccc2F)CC1. The molecule has 1 unspecified atom stereocenters. The molecule has 0 aliphatic carbocycles. The number of hydrazone groups is 1. The summed E-state index contributed by atoms with van der Waals surface area (Å²) in [6.45, 7) is 2.72. The van der Waals surface area contributed by atoms with Crippen molar-refractivity contribution in [3.8, 4) is 0 Å². The van der Waals surface area contributed by atoms with Crippen LogP contribution in [0.1, 0.15) is 37.8 Å². The van der Waals surface area contributed by atoms with Crippen molar-refractivity contribution in [1.82, 2.24) is 9.91 Å². The lowest BCUT2D eigenvalue weighted by atomic mass is 9.94. The van der Waals surface area contributed by atoms with Gasteiger partial charge in [-0.3, -0.25) is 9.59 Å². The number of hydrogen-bond acceptors (Lipinski definition) is 3. The number of nitrogens with zero attached hydrogens (tertiary/aromatic N) is 3. The van der Waals surface area contributed by atoms with Gasteiger partial charge in [0.05, 0.1) is 6.04 Å². The number of piperidine rings is 1. The lowest BCUT2D eigenvalue weighted by Gasteiger charge is -2.33. The second kappa shape index (κ2) is 6.48. The van der Waals surface area contributed by atoms with Crippen LogP contribution in [0.3, 0.4) is 0 Å². The van der Waals surface area contributed by atoms with Gasteiger partial charge in [0.15, 0.2) is 0 Å². The van der Waals surface area contributed by atoms with Crippen LogP contribution >= 0.6 is 0 Å². The molecule has 1 aromatic carbocycles. The molecule has 2 aliphatic rings. The van der Waals surface area contributed by atoms with E-state index in [1.807, 2.05) is 0 Å². The summed E-state index contributed by atoms with van der Waals surface area (Å²) in [6.07, 6.45) is 3.46. The summed E-state index contributed by atoms with van der Waals surface area (Å²) in [6, 6.07) is 6.15. The van der Waals surface area contributed by atoms with E-state index in [4.69, 9.17) is 0 Å². The molecule has 23 heavy (non-hydrogen) atoms. The van der Waals surface area contributed by atoms with Gasteiger partial charge in [-0.2, -0.15) is 5.10 Å². The molecule has 2 heterocycles. The molecule has 1 aromatic rings. The Morgan fingerprint density at radius 1 is 1.22 bits per heavy atom. The molecule has 2 amide bonds. The molecule has 122 valence electrons. The van der Waals surface area contributed by atoms with Crippen LogP contribution < -0.4 is 0 Å². The van der Waals surface area contributed by atoms with Crippen molar-refractivity contribution in [2.45, 2.75) is 32.2 Å². The minimum atomic E-state index is -0.366. The van der Waals surface area contributed by atoms with Crippen molar-refractivity contribution < 1.29 is 14.0 Å². The van der Waals surface area contributed by atoms with Crippen molar-refractivity contribution >= 4 is 18.0 Å². The number of likely N-dealkylation sites (tertiary alicyclic amines) is 1. The lowest BCUT2D eigenvalue weighted by molar-refractivity contribution is -0.141. The first-order valence-electron chi connectivity index (χ1n) is 7.93. The van der Waals surface area contributed by atoms with Gasteiger partial charge in [-0.15, -0.1) is 0 Å². The van der Waals surface area contributed by atoms with Gasteiger partial charge in [0.2, 0.25) is 11.8 Å². The fraction of sp³-hybridized carbons (Fsp3) is 0.471. The van der Waals surface area contributed by atoms with E-state index in [-0.39, 0.29) is 29.6 Å². The number of benzene rings is 1. The first-order chi connectivity index (χ1) is 11.1. The van der Waals surface area contributed by atoms with Crippen LogP contribution in [-0.4, -0.2) is 41.0 Å². The van der Waals surface area contributed by atoms with Gasteiger partial charge >= 0.3 is 0 Å². The van der Waals surface area contributed by atoms with Crippen molar-refractivity contribution in [2.24, 2.45) is 11.0 Å². The summed E-state index contributed by atoms with van der Waals surface area (Å²) < 4.78 is 14.0. The van der Waals surface area contributed by atoms with E-state index >= 15 is 0 Å².